The van der Waals surface area contributed by atoms with Gasteiger partial charge in [-0.3, -0.25) is 0 Å². The van der Waals surface area contributed by atoms with Crippen LogP contribution in [0.15, 0.2) is 22.7 Å². The molecule has 1 aromatic rings. The summed E-state index contributed by atoms with van der Waals surface area (Å²) in [6.45, 7) is 3.20. The number of likely N-dealkylation sites (tertiary alicyclic amines) is 1. The number of halogens is 2. The molecular formula is C14H20BrClN2. The van der Waals surface area contributed by atoms with Gasteiger partial charge in [0.1, 0.15) is 0 Å². The van der Waals surface area contributed by atoms with Crippen LogP contribution in [0.5, 0.6) is 0 Å². The predicted molar refractivity (Wildman–Crippen MR) is 81.1 cm³/mol. The van der Waals surface area contributed by atoms with Crippen LogP contribution < -0.4 is 5.32 Å². The highest BCUT2D eigenvalue weighted by Gasteiger charge is 2.17. The van der Waals surface area contributed by atoms with Crippen molar-refractivity contribution < 1.29 is 0 Å². The van der Waals surface area contributed by atoms with E-state index in [1.807, 2.05) is 6.07 Å². The van der Waals surface area contributed by atoms with Gasteiger partial charge in [-0.15, -0.1) is 0 Å². The summed E-state index contributed by atoms with van der Waals surface area (Å²) in [5.74, 6) is 0. The number of rotatable bonds is 4. The molecule has 1 aromatic carbocycles. The third kappa shape index (κ3) is 3.95. The van der Waals surface area contributed by atoms with Crippen LogP contribution in [0.3, 0.4) is 0 Å². The normalized spacial score (nSPS) is 21.2. The molecule has 1 aliphatic heterocycles. The number of piperidine rings is 1. The average Bonchev–Trinajstić information content (AvgIpc) is 2.36. The fraction of sp³-hybridized carbons (Fsp3) is 0.571. The molecule has 1 saturated heterocycles. The van der Waals surface area contributed by atoms with Crippen LogP contribution in [0.25, 0.3) is 0 Å². The Labute approximate surface area is 123 Å². The van der Waals surface area contributed by atoms with Gasteiger partial charge >= 0.3 is 0 Å². The predicted octanol–water partition coefficient (Wildman–Crippen LogP) is 3.68. The third-order valence-electron chi connectivity index (χ3n) is 3.61. The molecule has 0 saturated carbocycles. The molecule has 0 aromatic heterocycles. The van der Waals surface area contributed by atoms with E-state index < -0.39 is 0 Å². The molecule has 1 unspecified atom stereocenters. The summed E-state index contributed by atoms with van der Waals surface area (Å²) in [5, 5.41) is 4.31. The number of likely N-dealkylation sites (N-methyl/N-ethyl adjacent to an activating group) is 1. The van der Waals surface area contributed by atoms with Gasteiger partial charge in [-0.1, -0.05) is 24.1 Å². The lowest BCUT2D eigenvalue weighted by molar-refractivity contribution is 0.181. The molecule has 0 spiro atoms. The van der Waals surface area contributed by atoms with Crippen LogP contribution in [-0.2, 0) is 6.54 Å². The first-order chi connectivity index (χ1) is 8.66. The van der Waals surface area contributed by atoms with E-state index in [0.29, 0.717) is 6.04 Å². The Morgan fingerprint density at radius 2 is 2.28 bits per heavy atom. The Kier molecular flexibility index (Phi) is 5.49. The molecule has 0 amide bonds. The summed E-state index contributed by atoms with van der Waals surface area (Å²) in [6, 6.07) is 6.79. The maximum absolute atomic E-state index is 5.98. The zero-order chi connectivity index (χ0) is 13.0. The van der Waals surface area contributed by atoms with Crippen molar-refractivity contribution in [3.63, 3.8) is 0 Å². The summed E-state index contributed by atoms with van der Waals surface area (Å²) in [6.07, 6.45) is 4.02. The van der Waals surface area contributed by atoms with Gasteiger partial charge in [0, 0.05) is 23.6 Å². The molecule has 1 atom stereocenters. The Hall–Kier alpha value is -0.0900. The largest absolute Gasteiger partial charge is 0.311 e. The number of benzene rings is 1. The highest BCUT2D eigenvalue weighted by Crippen LogP contribution is 2.23. The van der Waals surface area contributed by atoms with Crippen molar-refractivity contribution in [1.82, 2.24) is 10.2 Å². The smallest absolute Gasteiger partial charge is 0.0548 e. The zero-order valence-corrected chi connectivity index (χ0v) is 13.1. The first kappa shape index (κ1) is 14.3. The van der Waals surface area contributed by atoms with Crippen LogP contribution in [0.1, 0.15) is 24.8 Å². The monoisotopic (exact) mass is 330 g/mol. The van der Waals surface area contributed by atoms with Crippen LogP contribution in [0.4, 0.5) is 0 Å². The molecule has 18 heavy (non-hydrogen) atoms. The van der Waals surface area contributed by atoms with E-state index in [2.05, 4.69) is 45.3 Å². The Bertz CT molecular complexity index is 397. The molecule has 0 radical (unpaired) electrons. The quantitative estimate of drug-likeness (QED) is 0.905. The lowest BCUT2D eigenvalue weighted by Gasteiger charge is -2.32. The second-order valence-corrected chi connectivity index (χ2v) is 6.27. The molecule has 1 heterocycles. The minimum atomic E-state index is 0.689. The standard InChI is InChI=1S/C14H20BrClN2/c1-18-7-3-2-4-12(18)10-17-9-11-5-6-14(16)13(15)8-11/h5-6,8,12,17H,2-4,7,9-10H2,1H3. The highest BCUT2D eigenvalue weighted by molar-refractivity contribution is 9.10. The molecule has 2 nitrogen and oxygen atoms in total. The minimum absolute atomic E-state index is 0.689. The molecule has 1 fully saturated rings. The van der Waals surface area contributed by atoms with Gasteiger partial charge in [0.05, 0.1) is 5.02 Å². The maximum Gasteiger partial charge on any atom is 0.0548 e. The SMILES string of the molecule is CN1CCCCC1CNCc1ccc(Cl)c(Br)c1. The number of nitrogens with one attached hydrogen (secondary N) is 1. The van der Waals surface area contributed by atoms with Crippen molar-refractivity contribution in [1.29, 1.82) is 0 Å². The highest BCUT2D eigenvalue weighted by atomic mass is 79.9. The molecule has 100 valence electrons. The van der Waals surface area contributed by atoms with E-state index in [1.54, 1.807) is 0 Å². The molecule has 0 aliphatic carbocycles. The topological polar surface area (TPSA) is 15.3 Å². The number of nitrogens with zero attached hydrogens (tertiary/aromatic N) is 1. The van der Waals surface area contributed by atoms with Crippen molar-refractivity contribution in [3.05, 3.63) is 33.3 Å². The molecule has 1 aliphatic rings. The second kappa shape index (κ2) is 6.90. The van der Waals surface area contributed by atoms with E-state index >= 15 is 0 Å². The Morgan fingerprint density at radius 3 is 3.00 bits per heavy atom. The van der Waals surface area contributed by atoms with Gasteiger partial charge in [0.25, 0.3) is 0 Å². The van der Waals surface area contributed by atoms with Gasteiger partial charge in [-0.25, -0.2) is 0 Å². The van der Waals surface area contributed by atoms with Crippen molar-refractivity contribution in [3.8, 4) is 0 Å². The number of hydrogen-bond donors (Lipinski definition) is 1. The van der Waals surface area contributed by atoms with E-state index in [-0.39, 0.29) is 0 Å². The van der Waals surface area contributed by atoms with Crippen LogP contribution in [-0.4, -0.2) is 31.1 Å². The lowest BCUT2D eigenvalue weighted by atomic mass is 10.0. The van der Waals surface area contributed by atoms with Crippen LogP contribution >= 0.6 is 27.5 Å². The van der Waals surface area contributed by atoms with Gasteiger partial charge in [0.2, 0.25) is 0 Å². The Morgan fingerprint density at radius 1 is 1.44 bits per heavy atom. The van der Waals surface area contributed by atoms with Crippen LogP contribution in [0, 0.1) is 0 Å². The summed E-state index contributed by atoms with van der Waals surface area (Å²) < 4.78 is 0.971. The zero-order valence-electron chi connectivity index (χ0n) is 10.8. The fourth-order valence-electron chi connectivity index (χ4n) is 2.43. The van der Waals surface area contributed by atoms with Crippen LogP contribution in [0.2, 0.25) is 5.02 Å². The summed E-state index contributed by atoms with van der Waals surface area (Å²) >= 11 is 9.44. The molecule has 1 N–H and O–H groups in total. The third-order valence-corrected chi connectivity index (χ3v) is 4.83. The van der Waals surface area contributed by atoms with Gasteiger partial charge in [-0.2, -0.15) is 0 Å². The Balaban J connectivity index is 1.79. The lowest BCUT2D eigenvalue weighted by Crippen LogP contribution is -2.42. The van der Waals surface area contributed by atoms with E-state index in [0.717, 1.165) is 22.6 Å². The van der Waals surface area contributed by atoms with Crippen molar-refractivity contribution in [2.75, 3.05) is 20.1 Å². The maximum atomic E-state index is 5.98. The van der Waals surface area contributed by atoms with Crippen molar-refractivity contribution in [2.24, 2.45) is 0 Å². The van der Waals surface area contributed by atoms with E-state index in [9.17, 15) is 0 Å². The summed E-state index contributed by atoms with van der Waals surface area (Å²) in [5.41, 5.74) is 1.27. The first-order valence-corrected chi connectivity index (χ1v) is 7.69. The van der Waals surface area contributed by atoms with E-state index in [4.69, 9.17) is 11.6 Å². The average molecular weight is 332 g/mol. The second-order valence-electron chi connectivity index (χ2n) is 5.01. The van der Waals surface area contributed by atoms with Gasteiger partial charge in [0.15, 0.2) is 0 Å². The van der Waals surface area contributed by atoms with Gasteiger partial charge in [-0.05, 0) is 60.1 Å². The minimum Gasteiger partial charge on any atom is -0.311 e. The summed E-state index contributed by atoms with van der Waals surface area (Å²) in [7, 11) is 2.23. The summed E-state index contributed by atoms with van der Waals surface area (Å²) in [4.78, 5) is 2.47. The fourth-order valence-corrected chi connectivity index (χ4v) is 2.98. The van der Waals surface area contributed by atoms with Crippen molar-refractivity contribution in [2.45, 2.75) is 31.8 Å². The van der Waals surface area contributed by atoms with Crippen molar-refractivity contribution >= 4 is 27.5 Å². The molecule has 4 heteroatoms. The molecule has 0 bridgehead atoms. The van der Waals surface area contributed by atoms with E-state index in [1.165, 1.54) is 31.4 Å². The van der Waals surface area contributed by atoms with Gasteiger partial charge < -0.3 is 10.2 Å². The first-order valence-electron chi connectivity index (χ1n) is 6.51. The molecular weight excluding hydrogens is 312 g/mol. The molecule has 2 rings (SSSR count). The number of hydrogen-bond acceptors (Lipinski definition) is 2.